The van der Waals surface area contributed by atoms with Crippen LogP contribution in [0.4, 0.5) is 0 Å². The monoisotopic (exact) mass is 340 g/mol. The number of hydrogen-bond acceptors (Lipinski definition) is 5. The quantitative estimate of drug-likeness (QED) is 0.744. The second-order valence-corrected chi connectivity index (χ2v) is 5.77. The number of amides is 1. The van der Waals surface area contributed by atoms with Gasteiger partial charge in [0, 0.05) is 29.9 Å². The van der Waals surface area contributed by atoms with Crippen LogP contribution in [0.2, 0.25) is 0 Å². The van der Waals surface area contributed by atoms with Crippen molar-refractivity contribution in [1.29, 1.82) is 0 Å². The Morgan fingerprint density at radius 1 is 1.28 bits per heavy atom. The average molecular weight is 340 g/mol. The highest BCUT2D eigenvalue weighted by molar-refractivity contribution is 5.94. The molecule has 7 heteroatoms. The molecule has 1 amide bonds. The highest BCUT2D eigenvalue weighted by Crippen LogP contribution is 2.11. The highest BCUT2D eigenvalue weighted by atomic mass is 16.5. The van der Waals surface area contributed by atoms with E-state index in [9.17, 15) is 9.59 Å². The fourth-order valence-corrected chi connectivity index (χ4v) is 2.65. The Bertz CT molecular complexity index is 945. The Hall–Kier alpha value is -2.96. The zero-order chi connectivity index (χ0) is 17.8. The third kappa shape index (κ3) is 3.60. The van der Waals surface area contributed by atoms with Crippen LogP contribution in [0.5, 0.6) is 0 Å². The number of fused-ring (bicyclic) bond motifs is 1. The molecule has 0 saturated heterocycles. The van der Waals surface area contributed by atoms with Crippen LogP contribution < -0.4 is 5.43 Å². The number of aromatic amines is 1. The number of hydrogen-bond donors (Lipinski definition) is 1. The van der Waals surface area contributed by atoms with Crippen molar-refractivity contribution in [3.05, 3.63) is 58.0 Å². The van der Waals surface area contributed by atoms with Gasteiger partial charge in [0.15, 0.2) is 11.3 Å². The molecule has 1 N–H and O–H groups in total. The van der Waals surface area contributed by atoms with Crippen molar-refractivity contribution in [2.24, 2.45) is 0 Å². The van der Waals surface area contributed by atoms with Gasteiger partial charge in [-0.25, -0.2) is 0 Å². The fraction of sp³-hybridized carbons (Fsp3) is 0.333. The maximum atomic E-state index is 12.8. The highest BCUT2D eigenvalue weighted by Gasteiger charge is 2.19. The lowest BCUT2D eigenvalue weighted by Crippen LogP contribution is -2.32. The van der Waals surface area contributed by atoms with Crippen molar-refractivity contribution in [3.63, 3.8) is 0 Å². The van der Waals surface area contributed by atoms with Gasteiger partial charge in [-0.15, -0.1) is 0 Å². The molecule has 3 rings (SSSR count). The number of nitrogens with zero attached hydrogens (tertiary/aromatic N) is 3. The maximum Gasteiger partial charge on any atom is 0.270 e. The average Bonchev–Trinajstić information content (AvgIpc) is 3.06. The predicted molar refractivity (Wildman–Crippen MR) is 93.3 cm³/mol. The smallest absolute Gasteiger partial charge is 0.270 e. The zero-order valence-electron chi connectivity index (χ0n) is 14.3. The van der Waals surface area contributed by atoms with Gasteiger partial charge in [0.2, 0.25) is 5.89 Å². The number of para-hydroxylation sites is 1. The van der Waals surface area contributed by atoms with Crippen LogP contribution in [-0.4, -0.2) is 32.5 Å². The summed E-state index contributed by atoms with van der Waals surface area (Å²) in [6.07, 6.45) is 1.63. The van der Waals surface area contributed by atoms with Crippen LogP contribution in [0.3, 0.4) is 0 Å². The van der Waals surface area contributed by atoms with Gasteiger partial charge in [-0.1, -0.05) is 24.2 Å². The van der Waals surface area contributed by atoms with Crippen LogP contribution in [0, 0.1) is 0 Å². The minimum absolute atomic E-state index is 0.182. The molecule has 1 aromatic carbocycles. The van der Waals surface area contributed by atoms with Crippen molar-refractivity contribution < 1.29 is 9.32 Å². The second-order valence-electron chi connectivity index (χ2n) is 5.77. The molecule has 0 bridgehead atoms. The Labute approximate surface area is 144 Å². The molecule has 0 fully saturated rings. The molecule has 2 heterocycles. The Kier molecular flexibility index (Phi) is 4.92. The van der Waals surface area contributed by atoms with E-state index in [1.807, 2.05) is 19.9 Å². The maximum absolute atomic E-state index is 12.8. The number of aromatic nitrogens is 3. The van der Waals surface area contributed by atoms with Gasteiger partial charge in [-0.05, 0) is 25.5 Å². The van der Waals surface area contributed by atoms with Crippen LogP contribution in [0.1, 0.15) is 42.5 Å². The van der Waals surface area contributed by atoms with Gasteiger partial charge >= 0.3 is 0 Å². The van der Waals surface area contributed by atoms with E-state index in [0.29, 0.717) is 35.6 Å². The van der Waals surface area contributed by atoms with Crippen molar-refractivity contribution in [1.82, 2.24) is 20.0 Å². The minimum Gasteiger partial charge on any atom is -0.350 e. The lowest BCUT2D eigenvalue weighted by molar-refractivity contribution is 0.0741. The first-order valence-corrected chi connectivity index (χ1v) is 8.35. The summed E-state index contributed by atoms with van der Waals surface area (Å²) in [5.41, 5.74) is 0.709. The van der Waals surface area contributed by atoms with Crippen molar-refractivity contribution in [2.45, 2.75) is 33.2 Å². The van der Waals surface area contributed by atoms with Crippen LogP contribution in [0.15, 0.2) is 39.6 Å². The van der Waals surface area contributed by atoms with Gasteiger partial charge < -0.3 is 14.4 Å². The summed E-state index contributed by atoms with van der Waals surface area (Å²) in [6.45, 7) is 4.59. The predicted octanol–water partition coefficient (Wildman–Crippen LogP) is 2.53. The van der Waals surface area contributed by atoms with E-state index >= 15 is 0 Å². The van der Waals surface area contributed by atoms with E-state index < -0.39 is 0 Å². The number of benzene rings is 1. The molecule has 0 aliphatic carbocycles. The molecular formula is C18H20N4O3. The molecule has 0 saturated carbocycles. The third-order valence-electron chi connectivity index (χ3n) is 3.94. The summed E-state index contributed by atoms with van der Waals surface area (Å²) in [5, 5.41) is 4.47. The van der Waals surface area contributed by atoms with Gasteiger partial charge in [-0.3, -0.25) is 9.59 Å². The van der Waals surface area contributed by atoms with E-state index in [1.165, 1.54) is 6.07 Å². The van der Waals surface area contributed by atoms with Crippen LogP contribution in [-0.2, 0) is 13.0 Å². The summed E-state index contributed by atoms with van der Waals surface area (Å²) < 4.78 is 5.16. The van der Waals surface area contributed by atoms with Gasteiger partial charge in [0.25, 0.3) is 5.91 Å². The van der Waals surface area contributed by atoms with E-state index in [1.54, 1.807) is 23.1 Å². The number of aryl methyl sites for hydroxylation is 1. The molecule has 0 atom stereocenters. The molecule has 2 aromatic heterocycles. The lowest BCUT2D eigenvalue weighted by atomic mass is 10.2. The molecule has 0 radical (unpaired) electrons. The number of nitrogens with one attached hydrogen (secondary N) is 1. The number of H-pyrrole nitrogens is 1. The van der Waals surface area contributed by atoms with Gasteiger partial charge in [-0.2, -0.15) is 4.98 Å². The van der Waals surface area contributed by atoms with Crippen LogP contribution >= 0.6 is 0 Å². The van der Waals surface area contributed by atoms with Crippen molar-refractivity contribution >= 4 is 16.8 Å². The van der Waals surface area contributed by atoms with E-state index in [4.69, 9.17) is 4.52 Å². The first-order valence-electron chi connectivity index (χ1n) is 8.35. The number of pyridine rings is 1. The Morgan fingerprint density at radius 2 is 2.08 bits per heavy atom. The normalized spacial score (nSPS) is 11.0. The minimum atomic E-state index is -0.271. The molecule has 0 aliphatic rings. The molecular weight excluding hydrogens is 320 g/mol. The second kappa shape index (κ2) is 7.29. The Morgan fingerprint density at radius 3 is 2.84 bits per heavy atom. The Balaban J connectivity index is 1.85. The van der Waals surface area contributed by atoms with Crippen molar-refractivity contribution in [2.75, 3.05) is 6.54 Å². The molecule has 130 valence electrons. The first-order chi connectivity index (χ1) is 12.1. The molecule has 0 spiro atoms. The zero-order valence-corrected chi connectivity index (χ0v) is 14.3. The molecule has 0 unspecified atom stereocenters. The van der Waals surface area contributed by atoms with E-state index in [0.717, 1.165) is 6.42 Å². The SMILES string of the molecule is CCCc1nc(CN(CC)C(=O)c2cc(=O)c3ccccc3[nH]2)no1. The lowest BCUT2D eigenvalue weighted by Gasteiger charge is -2.19. The summed E-state index contributed by atoms with van der Waals surface area (Å²) >= 11 is 0. The molecule has 7 nitrogen and oxygen atoms in total. The number of rotatable bonds is 6. The van der Waals surface area contributed by atoms with Gasteiger partial charge in [0.1, 0.15) is 5.69 Å². The first kappa shape index (κ1) is 16.9. The standard InChI is InChI=1S/C18H20N4O3/c1-3-7-17-20-16(21-25-17)11-22(4-2)18(24)14-10-15(23)12-8-5-6-9-13(12)19-14/h5-6,8-10H,3-4,7,11H2,1-2H3,(H,19,23). The fourth-order valence-electron chi connectivity index (χ4n) is 2.65. The number of carbonyl (C=O) groups excluding carboxylic acids is 1. The summed E-state index contributed by atoms with van der Waals surface area (Å²) in [7, 11) is 0. The van der Waals surface area contributed by atoms with E-state index in [-0.39, 0.29) is 23.6 Å². The summed E-state index contributed by atoms with van der Waals surface area (Å²) in [6, 6.07) is 8.46. The topological polar surface area (TPSA) is 92.1 Å². The summed E-state index contributed by atoms with van der Waals surface area (Å²) in [4.78, 5) is 33.9. The third-order valence-corrected chi connectivity index (χ3v) is 3.94. The van der Waals surface area contributed by atoms with E-state index in [2.05, 4.69) is 15.1 Å². The molecule has 25 heavy (non-hydrogen) atoms. The summed E-state index contributed by atoms with van der Waals surface area (Å²) in [5.74, 6) is 0.758. The van der Waals surface area contributed by atoms with Gasteiger partial charge in [0.05, 0.1) is 6.54 Å². The number of carbonyl (C=O) groups is 1. The van der Waals surface area contributed by atoms with Crippen LogP contribution in [0.25, 0.3) is 10.9 Å². The largest absolute Gasteiger partial charge is 0.350 e. The molecule has 0 aliphatic heterocycles. The molecule has 3 aromatic rings. The van der Waals surface area contributed by atoms with Crippen molar-refractivity contribution in [3.8, 4) is 0 Å².